The number of rotatable bonds is 16. The molecule has 0 saturated carbocycles. The second-order valence-corrected chi connectivity index (χ2v) is 18.7. The molecule has 2 aliphatic heterocycles. The van der Waals surface area contributed by atoms with Crippen LogP contribution in [-0.2, 0) is 34.5 Å². The number of para-hydroxylation sites is 2. The molecule has 10 heteroatoms. The Bertz CT molecular complexity index is 2320. The predicted octanol–water partition coefficient (Wildman–Crippen LogP) is 10.4. The minimum atomic E-state index is -0.726. The Hall–Kier alpha value is -5.06. The van der Waals surface area contributed by atoms with Gasteiger partial charge in [-0.2, -0.15) is 9.13 Å². The molecule has 58 heavy (non-hydrogen) atoms. The van der Waals surface area contributed by atoms with Crippen LogP contribution in [0.3, 0.4) is 0 Å². The van der Waals surface area contributed by atoms with Crippen LogP contribution >= 0.6 is 22.7 Å². The molecule has 7 rings (SSSR count). The Labute approximate surface area is 350 Å². The average Bonchev–Trinajstić information content (AvgIpc) is 3.81. The molecule has 3 aromatic carbocycles. The smallest absolute Gasteiger partial charge is 0.303 e. The number of carboxylic acids is 2. The fraction of sp³-hybridized carbons (Fsp3) is 0.375. The molecule has 0 spiro atoms. The van der Waals surface area contributed by atoms with Gasteiger partial charge in [-0.15, -0.1) is 0 Å². The van der Waals surface area contributed by atoms with Crippen molar-refractivity contribution >= 4 is 78.6 Å². The van der Waals surface area contributed by atoms with Crippen molar-refractivity contribution in [2.75, 3.05) is 22.9 Å². The number of benzene rings is 3. The number of carboxylic acid groups (broad SMARTS) is 2. The van der Waals surface area contributed by atoms with E-state index in [1.807, 2.05) is 0 Å². The summed E-state index contributed by atoms with van der Waals surface area (Å²) in [7, 11) is 4.30. The van der Waals surface area contributed by atoms with Gasteiger partial charge in [0.15, 0.2) is 0 Å². The van der Waals surface area contributed by atoms with Crippen LogP contribution < -0.4 is 18.9 Å². The number of hydrogen-bond donors (Lipinski definition) is 2. The molecular weight excluding hydrogens is 761 g/mol. The van der Waals surface area contributed by atoms with Crippen LogP contribution in [0, 0.1) is 0 Å². The summed E-state index contributed by atoms with van der Waals surface area (Å²) in [6.45, 7) is 10.9. The van der Waals surface area contributed by atoms with Gasteiger partial charge in [-0.25, -0.2) is 0 Å². The van der Waals surface area contributed by atoms with E-state index in [1.165, 1.54) is 64.3 Å². The van der Waals surface area contributed by atoms with Gasteiger partial charge in [-0.3, -0.25) is 9.59 Å². The van der Waals surface area contributed by atoms with E-state index < -0.39 is 11.9 Å². The van der Waals surface area contributed by atoms with E-state index >= 15 is 0 Å². The number of aliphatic carboxylic acids is 2. The van der Waals surface area contributed by atoms with Gasteiger partial charge in [-0.1, -0.05) is 112 Å². The molecule has 0 fully saturated rings. The number of aryl methyl sites for hydroxylation is 2. The van der Waals surface area contributed by atoms with Gasteiger partial charge in [0, 0.05) is 71.7 Å². The molecule has 2 N–H and O–H groups in total. The lowest BCUT2D eigenvalue weighted by atomic mass is 9.84. The molecule has 0 saturated heterocycles. The van der Waals surface area contributed by atoms with Crippen molar-refractivity contribution in [3.63, 3.8) is 0 Å². The predicted molar refractivity (Wildman–Crippen MR) is 240 cm³/mol. The highest BCUT2D eigenvalue weighted by molar-refractivity contribution is 7.21. The maximum atomic E-state index is 11.0. The van der Waals surface area contributed by atoms with E-state index in [0.29, 0.717) is 12.8 Å². The van der Waals surface area contributed by atoms with Crippen LogP contribution in [0.4, 0.5) is 11.4 Å². The van der Waals surface area contributed by atoms with Gasteiger partial charge in [0.2, 0.25) is 11.0 Å². The zero-order chi connectivity index (χ0) is 41.2. The van der Waals surface area contributed by atoms with Crippen LogP contribution in [0.15, 0.2) is 96.4 Å². The van der Waals surface area contributed by atoms with Crippen molar-refractivity contribution in [3.8, 4) is 0 Å². The lowest BCUT2D eigenvalue weighted by Crippen LogP contribution is -2.31. The normalized spacial score (nSPS) is 17.2. The van der Waals surface area contributed by atoms with E-state index in [-0.39, 0.29) is 23.7 Å². The summed E-state index contributed by atoms with van der Waals surface area (Å²) >= 11 is 3.61. The average molecular weight is 817 g/mol. The third-order valence-corrected chi connectivity index (χ3v) is 14.3. The molecule has 5 aromatic rings. The molecular formula is C48H56N4O4S2+2. The molecule has 0 radical (unpaired) electrons. The van der Waals surface area contributed by atoms with E-state index in [4.69, 9.17) is 10.2 Å². The number of unbranched alkanes of at least 4 members (excludes halogenated alkanes) is 4. The van der Waals surface area contributed by atoms with Crippen molar-refractivity contribution in [1.29, 1.82) is 0 Å². The largest absolute Gasteiger partial charge is 0.481 e. The maximum Gasteiger partial charge on any atom is 0.303 e. The first kappa shape index (κ1) is 41.1. The molecule has 0 atom stereocenters. The molecule has 2 aliphatic rings. The zero-order valence-corrected chi connectivity index (χ0v) is 36.3. The van der Waals surface area contributed by atoms with Gasteiger partial charge >= 0.3 is 11.9 Å². The summed E-state index contributed by atoms with van der Waals surface area (Å²) in [6, 6.07) is 22.0. The fourth-order valence-electron chi connectivity index (χ4n) is 8.77. The van der Waals surface area contributed by atoms with Gasteiger partial charge in [0.25, 0.3) is 10.0 Å². The third kappa shape index (κ3) is 8.14. The second kappa shape index (κ2) is 17.0. The zero-order valence-electron chi connectivity index (χ0n) is 34.6. The highest BCUT2D eigenvalue weighted by Crippen LogP contribution is 2.49. The summed E-state index contributed by atoms with van der Waals surface area (Å²) < 4.78 is 7.08. The quantitative estimate of drug-likeness (QED) is 0.0762. The monoisotopic (exact) mass is 816 g/mol. The van der Waals surface area contributed by atoms with Crippen molar-refractivity contribution in [2.24, 2.45) is 14.1 Å². The summed E-state index contributed by atoms with van der Waals surface area (Å²) in [5, 5.41) is 20.5. The number of carbonyl (C=O) groups is 2. The van der Waals surface area contributed by atoms with E-state index in [9.17, 15) is 9.59 Å². The number of thiazole rings is 2. The van der Waals surface area contributed by atoms with Crippen LogP contribution in [-0.4, -0.2) is 35.2 Å². The first-order valence-corrected chi connectivity index (χ1v) is 22.1. The van der Waals surface area contributed by atoms with Gasteiger partial charge in [0.1, 0.15) is 23.5 Å². The van der Waals surface area contributed by atoms with Gasteiger partial charge in [0.05, 0.1) is 6.07 Å². The van der Waals surface area contributed by atoms with Crippen molar-refractivity contribution in [1.82, 2.24) is 0 Å². The SMILES string of the molecule is C[n+]1c(/C=C/C=C2\N(CCCCCC(=O)O)c3ccccc3C2(C)C)sc2cc3sc(/C=C/C=C4/N(CCCCCC(=O)O)c5ccccc5C4(C)C)[n+](C)c3cc21. The Morgan fingerprint density at radius 3 is 1.45 bits per heavy atom. The summed E-state index contributed by atoms with van der Waals surface area (Å²) in [4.78, 5) is 26.9. The Balaban J connectivity index is 1.11. The number of hydrogen-bond acceptors (Lipinski definition) is 6. The minimum absolute atomic E-state index is 0.145. The van der Waals surface area contributed by atoms with Crippen LogP contribution in [0.2, 0.25) is 0 Å². The lowest BCUT2D eigenvalue weighted by Gasteiger charge is -2.27. The Kier molecular flexibility index (Phi) is 12.1. The molecule has 0 bridgehead atoms. The van der Waals surface area contributed by atoms with Gasteiger partial charge in [-0.05, 0) is 67.2 Å². The number of fused-ring (bicyclic) bond motifs is 4. The first-order chi connectivity index (χ1) is 27.8. The van der Waals surface area contributed by atoms with E-state index in [2.05, 4.69) is 158 Å². The van der Waals surface area contributed by atoms with E-state index in [0.717, 1.165) is 38.8 Å². The van der Waals surface area contributed by atoms with E-state index in [1.54, 1.807) is 22.7 Å². The third-order valence-electron chi connectivity index (χ3n) is 12.0. The Morgan fingerprint density at radius 1 is 0.621 bits per heavy atom. The molecule has 0 unspecified atom stereocenters. The Morgan fingerprint density at radius 2 is 1.03 bits per heavy atom. The fourth-order valence-corrected chi connectivity index (χ4v) is 11.0. The minimum Gasteiger partial charge on any atom is -0.481 e. The standard InChI is InChI=1S/C48H54N4O4S2/c1-47(2)33-19-11-13-21-35(33)51(29-15-7-9-27-45(53)54)41(47)23-17-25-43-49(5)37-31-38-40(32-39(37)57-43)58-44(50(38)6)26-18-24-42-48(3,4)34-20-12-14-22-36(34)52(42)30-16-8-10-28-46(55)56/h11-14,17-26,31-32H,7-10,15-16,27-30H2,1-6H3/p+2. The van der Waals surface area contributed by atoms with Crippen molar-refractivity contribution in [3.05, 3.63) is 118 Å². The van der Waals surface area contributed by atoms with Crippen LogP contribution in [0.5, 0.6) is 0 Å². The maximum absolute atomic E-state index is 11.0. The molecule has 2 aromatic heterocycles. The van der Waals surface area contributed by atoms with Gasteiger partial charge < -0.3 is 20.0 Å². The highest BCUT2D eigenvalue weighted by Gasteiger charge is 2.40. The first-order valence-electron chi connectivity index (χ1n) is 20.5. The highest BCUT2D eigenvalue weighted by atomic mass is 32.1. The summed E-state index contributed by atoms with van der Waals surface area (Å²) in [5.41, 5.74) is 9.78. The van der Waals surface area contributed by atoms with Crippen LogP contribution in [0.1, 0.15) is 100 Å². The molecule has 0 amide bonds. The lowest BCUT2D eigenvalue weighted by molar-refractivity contribution is -0.646. The van der Waals surface area contributed by atoms with Crippen molar-refractivity contribution < 1.29 is 28.9 Å². The van der Waals surface area contributed by atoms with Crippen molar-refractivity contribution in [2.45, 2.75) is 89.9 Å². The number of nitrogens with zero attached hydrogens (tertiary/aromatic N) is 4. The summed E-state index contributed by atoms with van der Waals surface area (Å²) in [6.07, 6.45) is 18.9. The molecule has 4 heterocycles. The summed E-state index contributed by atoms with van der Waals surface area (Å²) in [5.74, 6) is -1.45. The second-order valence-electron chi connectivity index (χ2n) is 16.6. The molecule has 0 aliphatic carbocycles. The number of allylic oxidation sites excluding steroid dienone is 6. The molecule has 302 valence electrons. The number of anilines is 2. The topological polar surface area (TPSA) is 88.8 Å². The number of aromatic nitrogens is 2. The molecule has 8 nitrogen and oxygen atoms in total. The van der Waals surface area contributed by atoms with Crippen LogP contribution in [0.25, 0.3) is 32.6 Å².